The topological polar surface area (TPSA) is 89.6 Å². The van der Waals surface area contributed by atoms with E-state index in [1.807, 2.05) is 13.8 Å². The maximum Gasteiger partial charge on any atom is 0.387 e. The van der Waals surface area contributed by atoms with Crippen LogP contribution in [0.3, 0.4) is 0 Å². The zero-order valence-corrected chi connectivity index (χ0v) is 19.2. The lowest BCUT2D eigenvalue weighted by molar-refractivity contribution is -0.146. The lowest BCUT2D eigenvalue weighted by Crippen LogP contribution is -2.61. The average molecular weight is 471 g/mol. The molecule has 0 saturated heterocycles. The molecular weight excluding hydrogens is 440 g/mol. The normalized spacial score (nSPS) is 24.5. The molecule has 3 N–H and O–H groups in total. The van der Waals surface area contributed by atoms with Crippen LogP contribution in [-0.2, 0) is 4.79 Å². The lowest BCUT2D eigenvalue weighted by Gasteiger charge is -2.46. The van der Waals surface area contributed by atoms with Crippen molar-refractivity contribution in [3.63, 3.8) is 0 Å². The van der Waals surface area contributed by atoms with Crippen molar-refractivity contribution in [3.05, 3.63) is 29.1 Å². The van der Waals surface area contributed by atoms with Crippen molar-refractivity contribution in [1.29, 1.82) is 0 Å². The van der Waals surface area contributed by atoms with E-state index in [4.69, 9.17) is 5.73 Å². The molecule has 0 bridgehead atoms. The Balaban J connectivity index is 1.84. The first-order valence-corrected chi connectivity index (χ1v) is 11.0. The number of ether oxygens (including phenoxy) is 1. The van der Waals surface area contributed by atoms with Crippen LogP contribution in [0.1, 0.15) is 64.1 Å². The zero-order valence-electron chi connectivity index (χ0n) is 19.2. The second kappa shape index (κ2) is 9.30. The second-order valence-corrected chi connectivity index (χ2v) is 9.44. The molecule has 1 heterocycles. The van der Waals surface area contributed by atoms with Crippen LogP contribution in [0, 0.1) is 12.8 Å². The predicted octanol–water partition coefficient (Wildman–Crippen LogP) is 4.61. The molecule has 1 aromatic rings. The predicted molar refractivity (Wildman–Crippen MR) is 117 cm³/mol. The summed E-state index contributed by atoms with van der Waals surface area (Å²) in [6.07, 6.45) is 1.68. The van der Waals surface area contributed by atoms with E-state index in [2.05, 4.69) is 20.0 Å². The van der Waals surface area contributed by atoms with E-state index in [1.165, 1.54) is 12.3 Å². The Bertz CT molecular complexity index is 967. The molecule has 1 atom stereocenters. The van der Waals surface area contributed by atoms with Crippen LogP contribution in [0.5, 0.6) is 5.75 Å². The number of nitrogens with two attached hydrogens (primary N) is 1. The van der Waals surface area contributed by atoms with Gasteiger partial charge in [0.15, 0.2) is 0 Å². The fourth-order valence-corrected chi connectivity index (χ4v) is 4.57. The Hall–Kier alpha value is -2.65. The van der Waals surface area contributed by atoms with Crippen LogP contribution in [0.25, 0.3) is 5.70 Å². The zero-order chi connectivity index (χ0) is 24.6. The molecule has 10 heteroatoms. The fraction of sp³-hybridized carbons (Fsp3) is 0.609. The summed E-state index contributed by atoms with van der Waals surface area (Å²) in [5.41, 5.74) is 8.29. The number of allylic oxidation sites excluding steroid dienone is 1. The summed E-state index contributed by atoms with van der Waals surface area (Å²) >= 11 is 0. The number of carbonyl (C=O) groups excluding carboxylic acids is 1. The molecule has 2 aliphatic carbocycles. The molecule has 3 rings (SSSR count). The third-order valence-electron chi connectivity index (χ3n) is 5.94. The maximum atomic E-state index is 13.3. The van der Waals surface area contributed by atoms with Crippen molar-refractivity contribution in [1.82, 2.24) is 10.3 Å². The highest BCUT2D eigenvalue weighted by Gasteiger charge is 2.54. The van der Waals surface area contributed by atoms with Gasteiger partial charge in [0.2, 0.25) is 5.91 Å². The number of aryl methyl sites for hydroxylation is 1. The van der Waals surface area contributed by atoms with Crippen molar-refractivity contribution >= 4 is 17.3 Å². The van der Waals surface area contributed by atoms with Gasteiger partial charge in [0.1, 0.15) is 5.75 Å². The summed E-state index contributed by atoms with van der Waals surface area (Å²) in [5, 5.41) is 2.78. The molecule has 0 aromatic carbocycles. The van der Waals surface area contributed by atoms with E-state index in [-0.39, 0.29) is 30.5 Å². The van der Waals surface area contributed by atoms with Gasteiger partial charge in [-0.15, -0.1) is 0 Å². The van der Waals surface area contributed by atoms with Gasteiger partial charge in [-0.05, 0) is 52.2 Å². The van der Waals surface area contributed by atoms with Gasteiger partial charge in [0.05, 0.1) is 6.20 Å². The molecule has 33 heavy (non-hydrogen) atoms. The summed E-state index contributed by atoms with van der Waals surface area (Å²) in [6, 6.07) is 1.35. The maximum absolute atomic E-state index is 13.3. The van der Waals surface area contributed by atoms with Crippen molar-refractivity contribution < 1.29 is 27.1 Å². The highest BCUT2D eigenvalue weighted by Crippen LogP contribution is 2.45. The smallest absolute Gasteiger partial charge is 0.387 e. The van der Waals surface area contributed by atoms with Crippen LogP contribution in [0.15, 0.2) is 22.8 Å². The van der Waals surface area contributed by atoms with E-state index in [9.17, 15) is 22.4 Å². The summed E-state index contributed by atoms with van der Waals surface area (Å²) < 4.78 is 56.4. The minimum absolute atomic E-state index is 0.0693. The molecule has 0 radical (unpaired) electrons. The third-order valence-corrected chi connectivity index (χ3v) is 5.94. The Morgan fingerprint density at radius 2 is 2.00 bits per heavy atom. The van der Waals surface area contributed by atoms with Gasteiger partial charge in [0, 0.05) is 59.4 Å². The van der Waals surface area contributed by atoms with Crippen LogP contribution < -0.4 is 15.8 Å². The number of pyridine rings is 1. The van der Waals surface area contributed by atoms with Gasteiger partial charge in [0.25, 0.3) is 5.92 Å². The SMILES string of the molecule is Cc1ncc(OC(F)F)cc1C(N)=C1CC[C@@H](C(=O)NC2(C)CC(F)(F)C2)CC1=NC(C)C. The first-order valence-electron chi connectivity index (χ1n) is 11.0. The van der Waals surface area contributed by atoms with Gasteiger partial charge >= 0.3 is 6.61 Å². The Morgan fingerprint density at radius 3 is 2.58 bits per heavy atom. The quantitative estimate of drug-likeness (QED) is 0.594. The molecule has 182 valence electrons. The molecule has 0 aliphatic heterocycles. The van der Waals surface area contributed by atoms with Crippen LogP contribution in [-0.4, -0.2) is 40.7 Å². The minimum atomic E-state index is -2.99. The number of hydrogen-bond acceptors (Lipinski definition) is 5. The van der Waals surface area contributed by atoms with Crippen LogP contribution >= 0.6 is 0 Å². The van der Waals surface area contributed by atoms with Gasteiger partial charge < -0.3 is 15.8 Å². The number of aromatic nitrogens is 1. The molecule has 1 aromatic heterocycles. The second-order valence-electron chi connectivity index (χ2n) is 9.44. The van der Waals surface area contributed by atoms with Gasteiger partial charge in [-0.1, -0.05) is 0 Å². The molecule has 2 fully saturated rings. The molecule has 0 unspecified atom stereocenters. The standard InChI is InChI=1S/C23H30F4N4O2/c1-12(2)30-18-7-14(20(32)31-22(4)10-23(26,27)11-22)5-6-16(18)19(28)17-8-15(33-21(24)25)9-29-13(17)3/h8-9,12,14,21H,5-7,10-11,28H2,1-4H3,(H,31,32)/t14-/m1/s1. The average Bonchev–Trinajstić information content (AvgIpc) is 2.66. The largest absolute Gasteiger partial charge is 0.433 e. The first kappa shape index (κ1) is 25.0. The third kappa shape index (κ3) is 6.03. The number of aliphatic imine (C=N–C) groups is 1. The van der Waals surface area contributed by atoms with E-state index < -0.39 is 24.0 Å². The molecule has 2 aliphatic rings. The van der Waals surface area contributed by atoms with Crippen molar-refractivity contribution in [2.24, 2.45) is 16.6 Å². The Labute approximate surface area is 190 Å². The number of nitrogens with one attached hydrogen (secondary N) is 1. The molecule has 2 saturated carbocycles. The van der Waals surface area contributed by atoms with E-state index in [0.717, 1.165) is 5.57 Å². The lowest BCUT2D eigenvalue weighted by atomic mass is 9.74. The number of hydrogen-bond donors (Lipinski definition) is 2. The van der Waals surface area contributed by atoms with Gasteiger partial charge in [-0.3, -0.25) is 14.8 Å². The van der Waals surface area contributed by atoms with Gasteiger partial charge in [-0.25, -0.2) is 8.78 Å². The fourth-order valence-electron chi connectivity index (χ4n) is 4.57. The monoisotopic (exact) mass is 470 g/mol. The van der Waals surface area contributed by atoms with Crippen molar-refractivity contribution in [2.75, 3.05) is 0 Å². The van der Waals surface area contributed by atoms with Crippen LogP contribution in [0.4, 0.5) is 17.6 Å². The number of carbonyl (C=O) groups is 1. The van der Waals surface area contributed by atoms with Crippen LogP contribution in [0.2, 0.25) is 0 Å². The highest BCUT2D eigenvalue weighted by molar-refractivity contribution is 6.08. The van der Waals surface area contributed by atoms with E-state index >= 15 is 0 Å². The Kier molecular flexibility index (Phi) is 7.04. The van der Waals surface area contributed by atoms with E-state index in [1.54, 1.807) is 13.8 Å². The summed E-state index contributed by atoms with van der Waals surface area (Å²) in [4.78, 5) is 21.6. The van der Waals surface area contributed by atoms with Crippen molar-refractivity contribution in [3.8, 4) is 5.75 Å². The van der Waals surface area contributed by atoms with Crippen molar-refractivity contribution in [2.45, 2.75) is 83.9 Å². The minimum Gasteiger partial charge on any atom is -0.433 e. The van der Waals surface area contributed by atoms with E-state index in [0.29, 0.717) is 41.9 Å². The van der Waals surface area contributed by atoms with Gasteiger partial charge in [-0.2, -0.15) is 8.78 Å². The molecule has 1 amide bonds. The highest BCUT2D eigenvalue weighted by atomic mass is 19.3. The Morgan fingerprint density at radius 1 is 1.33 bits per heavy atom. The molecule has 6 nitrogen and oxygen atoms in total. The number of halogens is 4. The summed E-state index contributed by atoms with van der Waals surface area (Å²) in [5.74, 6) is -3.53. The number of nitrogens with zero attached hydrogens (tertiary/aromatic N) is 2. The summed E-state index contributed by atoms with van der Waals surface area (Å²) in [7, 11) is 0. The molecular formula is C23H30F4N4O2. The number of alkyl halides is 4. The number of amides is 1. The first-order chi connectivity index (χ1) is 15.3. The number of rotatable bonds is 6. The molecule has 0 spiro atoms. The summed E-state index contributed by atoms with van der Waals surface area (Å²) in [6.45, 7) is 4.14.